The highest BCUT2D eigenvalue weighted by molar-refractivity contribution is 6.68. The van der Waals surface area contributed by atoms with Gasteiger partial charge in [0.1, 0.15) is 12.3 Å². The van der Waals surface area contributed by atoms with E-state index in [4.69, 9.17) is 69.6 Å². The Morgan fingerprint density at radius 2 is 1.00 bits per heavy atom. The van der Waals surface area contributed by atoms with E-state index in [0.29, 0.717) is 13.1 Å². The molecule has 2 atom stereocenters. The van der Waals surface area contributed by atoms with Crippen LogP contribution < -0.4 is 21.3 Å². The minimum Gasteiger partial charge on any atom is -0.318 e. The van der Waals surface area contributed by atoms with Crippen molar-refractivity contribution in [1.82, 2.24) is 21.3 Å². The molecule has 4 N–H and O–H groups in total. The summed E-state index contributed by atoms with van der Waals surface area (Å²) < 4.78 is -3.64. The second-order valence-electron chi connectivity index (χ2n) is 6.30. The molecule has 0 radical (unpaired) electrons. The summed E-state index contributed by atoms with van der Waals surface area (Å²) in [5.41, 5.74) is 1.89. The van der Waals surface area contributed by atoms with Crippen molar-refractivity contribution in [1.29, 1.82) is 0 Å². The van der Waals surface area contributed by atoms with Crippen LogP contribution in [-0.4, -0.2) is 25.9 Å². The molecule has 0 aliphatic heterocycles. The maximum atomic E-state index is 12.5. The molecule has 0 bridgehead atoms. The number of hydrogen-bond acceptors (Lipinski definition) is 3. The molecule has 0 aromatic heterocycles. The summed E-state index contributed by atoms with van der Waals surface area (Å²) in [5.74, 6) is 0. The van der Waals surface area contributed by atoms with Crippen molar-refractivity contribution in [3.05, 3.63) is 71.8 Å². The van der Waals surface area contributed by atoms with Crippen molar-refractivity contribution in [2.75, 3.05) is 0 Å². The molecule has 0 unspecified atom stereocenters. The fraction of sp³-hybridized carbons (Fsp3) is 0.316. The Balaban J connectivity index is 1.97. The van der Waals surface area contributed by atoms with Gasteiger partial charge in [0.15, 0.2) is 0 Å². The number of benzene rings is 2. The maximum Gasteiger partial charge on any atom is 0.317 e. The molecule has 11 heteroatoms. The number of carbonyl (C=O) groups excluding carboxylic acids is 1. The van der Waals surface area contributed by atoms with Gasteiger partial charge < -0.3 is 10.6 Å². The Hall–Kier alpha value is -0.630. The number of carbonyl (C=O) groups is 1. The average molecular weight is 533 g/mol. The van der Waals surface area contributed by atoms with E-state index >= 15 is 0 Å². The lowest BCUT2D eigenvalue weighted by atomic mass is 10.2. The van der Waals surface area contributed by atoms with Crippen LogP contribution in [0.15, 0.2) is 60.7 Å². The van der Waals surface area contributed by atoms with E-state index in [0.717, 1.165) is 11.1 Å². The molecule has 0 aliphatic carbocycles. The standard InChI is InChI=1S/C19H20Cl6N4O/c20-18(21,22)15(26-11-13-7-3-1-4-8-13)28-17(30)29-16(19(23,24)25)27-12-14-9-5-2-6-10-14/h1-10,15-16,26-27H,11-12H2,(H2,28,29,30)/t15-,16-/m0/s1. The Morgan fingerprint density at radius 1 is 0.667 bits per heavy atom. The average Bonchev–Trinajstić information content (AvgIpc) is 2.68. The van der Waals surface area contributed by atoms with Crippen LogP contribution in [0, 0.1) is 0 Å². The van der Waals surface area contributed by atoms with Crippen LogP contribution in [0.3, 0.4) is 0 Å². The molecular weight excluding hydrogens is 513 g/mol. The van der Waals surface area contributed by atoms with Gasteiger partial charge in [-0.05, 0) is 11.1 Å². The lowest BCUT2D eigenvalue weighted by Gasteiger charge is -2.30. The first-order valence-electron chi connectivity index (χ1n) is 8.81. The van der Waals surface area contributed by atoms with E-state index < -0.39 is 25.9 Å². The van der Waals surface area contributed by atoms with Gasteiger partial charge in [-0.15, -0.1) is 0 Å². The van der Waals surface area contributed by atoms with E-state index in [1.807, 2.05) is 60.7 Å². The second-order valence-corrected chi connectivity index (χ2v) is 11.0. The highest BCUT2D eigenvalue weighted by Gasteiger charge is 2.37. The number of rotatable bonds is 8. The second kappa shape index (κ2) is 11.8. The van der Waals surface area contributed by atoms with Crippen molar-refractivity contribution >= 4 is 75.6 Å². The molecule has 30 heavy (non-hydrogen) atoms. The molecule has 0 heterocycles. The number of nitrogens with one attached hydrogen (secondary N) is 4. The molecule has 5 nitrogen and oxygen atoms in total. The van der Waals surface area contributed by atoms with Crippen LogP contribution in [0.1, 0.15) is 11.1 Å². The van der Waals surface area contributed by atoms with Crippen LogP contribution in [0.25, 0.3) is 0 Å². The molecule has 0 saturated heterocycles. The summed E-state index contributed by atoms with van der Waals surface area (Å²) in [5, 5.41) is 11.1. The zero-order chi connectivity index (χ0) is 22.2. The third kappa shape index (κ3) is 9.25. The first-order chi connectivity index (χ1) is 14.1. The highest BCUT2D eigenvalue weighted by atomic mass is 35.6. The molecular formula is C19H20Cl6N4O. The van der Waals surface area contributed by atoms with Crippen LogP contribution in [-0.2, 0) is 13.1 Å². The lowest BCUT2D eigenvalue weighted by Crippen LogP contribution is -2.61. The number of halogens is 6. The normalized spacial score (nSPS) is 14.1. The molecule has 2 aromatic carbocycles. The number of amides is 2. The highest BCUT2D eigenvalue weighted by Crippen LogP contribution is 2.30. The third-order valence-electron chi connectivity index (χ3n) is 3.91. The van der Waals surface area contributed by atoms with Crippen molar-refractivity contribution in [2.45, 2.75) is 33.0 Å². The summed E-state index contributed by atoms with van der Waals surface area (Å²) in [4.78, 5) is 12.5. The molecule has 164 valence electrons. The van der Waals surface area contributed by atoms with Gasteiger partial charge in [0.2, 0.25) is 7.59 Å². The van der Waals surface area contributed by atoms with Crippen LogP contribution in [0.2, 0.25) is 0 Å². The monoisotopic (exact) mass is 530 g/mol. The van der Waals surface area contributed by atoms with Gasteiger partial charge in [0.25, 0.3) is 0 Å². The van der Waals surface area contributed by atoms with E-state index in [-0.39, 0.29) is 0 Å². The van der Waals surface area contributed by atoms with E-state index in [2.05, 4.69) is 21.3 Å². The number of hydrogen-bond donors (Lipinski definition) is 4. The predicted octanol–water partition coefficient (Wildman–Crippen LogP) is 5.26. The minimum absolute atomic E-state index is 0.361. The summed E-state index contributed by atoms with van der Waals surface area (Å²) >= 11 is 36.1. The molecule has 0 fully saturated rings. The third-order valence-corrected chi connectivity index (χ3v) is 5.22. The van der Waals surface area contributed by atoms with Gasteiger partial charge in [-0.1, -0.05) is 130 Å². The van der Waals surface area contributed by atoms with Gasteiger partial charge in [0, 0.05) is 13.1 Å². The first-order valence-corrected chi connectivity index (χ1v) is 11.1. The fourth-order valence-corrected chi connectivity index (χ4v) is 3.22. The zero-order valence-corrected chi connectivity index (χ0v) is 20.1. The quantitative estimate of drug-likeness (QED) is 0.277. The number of alkyl halides is 6. The summed E-state index contributed by atoms with van der Waals surface area (Å²) in [6.07, 6.45) is -2.01. The largest absolute Gasteiger partial charge is 0.318 e. The van der Waals surface area contributed by atoms with Crippen molar-refractivity contribution in [3.63, 3.8) is 0 Å². The number of urea groups is 1. The SMILES string of the molecule is O=C(N[C@H](NCc1ccccc1)C(Cl)(Cl)Cl)N[C@H](NCc1ccccc1)C(Cl)(Cl)Cl. The zero-order valence-electron chi connectivity index (χ0n) is 15.5. The molecule has 2 rings (SSSR count). The van der Waals surface area contributed by atoms with E-state index in [1.165, 1.54) is 0 Å². The van der Waals surface area contributed by atoms with Crippen molar-refractivity contribution < 1.29 is 4.79 Å². The Labute approximate surface area is 205 Å². The van der Waals surface area contributed by atoms with Crippen molar-refractivity contribution in [2.24, 2.45) is 0 Å². The molecule has 0 aliphatic rings. The summed E-state index contributed by atoms with van der Waals surface area (Å²) in [6, 6.07) is 18.2. The van der Waals surface area contributed by atoms with Crippen LogP contribution in [0.4, 0.5) is 4.79 Å². The van der Waals surface area contributed by atoms with E-state index in [1.54, 1.807) is 0 Å². The fourth-order valence-electron chi connectivity index (χ4n) is 2.43. The molecule has 2 amide bonds. The molecule has 0 saturated carbocycles. The molecule has 2 aromatic rings. The topological polar surface area (TPSA) is 65.2 Å². The summed E-state index contributed by atoms with van der Waals surface area (Å²) in [6.45, 7) is 0.722. The maximum absolute atomic E-state index is 12.5. The van der Waals surface area contributed by atoms with Crippen LogP contribution >= 0.6 is 69.6 Å². The van der Waals surface area contributed by atoms with Crippen molar-refractivity contribution in [3.8, 4) is 0 Å². The van der Waals surface area contributed by atoms with Crippen LogP contribution in [0.5, 0.6) is 0 Å². The molecule has 0 spiro atoms. The predicted molar refractivity (Wildman–Crippen MR) is 126 cm³/mol. The summed E-state index contributed by atoms with van der Waals surface area (Å²) in [7, 11) is 0. The van der Waals surface area contributed by atoms with Gasteiger partial charge in [-0.3, -0.25) is 10.6 Å². The Kier molecular flexibility index (Phi) is 10.1. The van der Waals surface area contributed by atoms with Gasteiger partial charge >= 0.3 is 6.03 Å². The Bertz CT molecular complexity index is 718. The Morgan fingerprint density at radius 3 is 1.30 bits per heavy atom. The van der Waals surface area contributed by atoms with E-state index in [9.17, 15) is 4.79 Å². The van der Waals surface area contributed by atoms with Gasteiger partial charge in [0.05, 0.1) is 0 Å². The van der Waals surface area contributed by atoms with Gasteiger partial charge in [-0.25, -0.2) is 4.79 Å². The lowest BCUT2D eigenvalue weighted by molar-refractivity contribution is 0.227. The smallest absolute Gasteiger partial charge is 0.317 e. The van der Waals surface area contributed by atoms with Gasteiger partial charge in [-0.2, -0.15) is 0 Å². The first kappa shape index (κ1) is 25.6. The minimum atomic E-state index is -1.82.